The fourth-order valence-electron chi connectivity index (χ4n) is 1.53. The summed E-state index contributed by atoms with van der Waals surface area (Å²) in [5.74, 6) is 0. The molecule has 0 saturated heterocycles. The van der Waals surface area contributed by atoms with Gasteiger partial charge in [0, 0.05) is 0 Å². The fourth-order valence-corrected chi connectivity index (χ4v) is 3.24. The van der Waals surface area contributed by atoms with Crippen molar-refractivity contribution in [1.82, 2.24) is 0 Å². The van der Waals surface area contributed by atoms with Gasteiger partial charge in [0.15, 0.2) is 0 Å². The number of hydrogen-bond acceptors (Lipinski definition) is 4. The third-order valence-corrected chi connectivity index (χ3v) is 4.33. The molecular formula is C12H19O4P. The Hall–Kier alpha value is -0.670. The van der Waals surface area contributed by atoms with Gasteiger partial charge in [-0.25, -0.2) is 0 Å². The van der Waals surface area contributed by atoms with E-state index in [9.17, 15) is 9.67 Å². The van der Waals surface area contributed by atoms with E-state index in [0.29, 0.717) is 18.8 Å². The molecule has 4 nitrogen and oxygen atoms in total. The number of aliphatic hydroxyl groups excluding tert-OH is 1. The van der Waals surface area contributed by atoms with E-state index in [0.717, 1.165) is 0 Å². The third-order valence-electron chi connectivity index (χ3n) is 2.23. The standard InChI is InChI=1S/C12H19O4P/c1-3-15-17(14,16-4-2)10-12(13)11-8-6-5-7-9-11/h5-9,12-13H,3-4,10H2,1-2H3. The van der Waals surface area contributed by atoms with E-state index in [1.165, 1.54) is 0 Å². The molecule has 0 radical (unpaired) electrons. The van der Waals surface area contributed by atoms with E-state index in [2.05, 4.69) is 0 Å². The van der Waals surface area contributed by atoms with Crippen molar-refractivity contribution in [1.29, 1.82) is 0 Å². The van der Waals surface area contributed by atoms with Crippen LogP contribution in [0.3, 0.4) is 0 Å². The van der Waals surface area contributed by atoms with Crippen LogP contribution in [0.4, 0.5) is 0 Å². The minimum absolute atomic E-state index is 0.0152. The van der Waals surface area contributed by atoms with Crippen molar-refractivity contribution >= 4 is 7.60 Å². The first-order valence-corrected chi connectivity index (χ1v) is 7.45. The molecule has 1 aromatic rings. The van der Waals surface area contributed by atoms with Crippen molar-refractivity contribution in [2.24, 2.45) is 0 Å². The maximum atomic E-state index is 12.2. The first-order chi connectivity index (χ1) is 8.11. The van der Waals surface area contributed by atoms with Gasteiger partial charge in [-0.1, -0.05) is 30.3 Å². The van der Waals surface area contributed by atoms with Crippen molar-refractivity contribution < 1.29 is 18.7 Å². The van der Waals surface area contributed by atoms with Gasteiger partial charge >= 0.3 is 7.60 Å². The molecule has 1 N–H and O–H groups in total. The van der Waals surface area contributed by atoms with Crippen molar-refractivity contribution in [3.63, 3.8) is 0 Å². The molecule has 17 heavy (non-hydrogen) atoms. The van der Waals surface area contributed by atoms with Gasteiger partial charge in [-0.05, 0) is 19.4 Å². The molecule has 0 aliphatic heterocycles. The van der Waals surface area contributed by atoms with Crippen LogP contribution in [0.25, 0.3) is 0 Å². The second kappa shape index (κ2) is 6.92. The Labute approximate surface area is 102 Å². The van der Waals surface area contributed by atoms with Gasteiger partial charge in [0.05, 0.1) is 25.5 Å². The molecule has 0 aliphatic carbocycles. The molecule has 1 unspecified atom stereocenters. The number of aliphatic hydroxyl groups is 1. The van der Waals surface area contributed by atoms with E-state index >= 15 is 0 Å². The zero-order valence-electron chi connectivity index (χ0n) is 10.2. The Morgan fingerprint density at radius 3 is 2.18 bits per heavy atom. The highest BCUT2D eigenvalue weighted by atomic mass is 31.2. The maximum Gasteiger partial charge on any atom is 0.333 e. The van der Waals surface area contributed by atoms with E-state index in [4.69, 9.17) is 9.05 Å². The molecule has 0 fully saturated rings. The molecule has 5 heteroatoms. The lowest BCUT2D eigenvalue weighted by molar-refractivity contribution is 0.170. The van der Waals surface area contributed by atoms with Crippen LogP contribution in [-0.2, 0) is 13.6 Å². The number of hydrogen-bond donors (Lipinski definition) is 1. The van der Waals surface area contributed by atoms with E-state index in [-0.39, 0.29) is 6.16 Å². The topological polar surface area (TPSA) is 55.8 Å². The van der Waals surface area contributed by atoms with Crippen LogP contribution < -0.4 is 0 Å². The summed E-state index contributed by atoms with van der Waals surface area (Å²) in [6.07, 6.45) is -0.848. The largest absolute Gasteiger partial charge is 0.388 e. The second-order valence-electron chi connectivity index (χ2n) is 3.56. The highest BCUT2D eigenvalue weighted by Gasteiger charge is 2.28. The minimum Gasteiger partial charge on any atom is -0.388 e. The zero-order chi connectivity index (χ0) is 12.7. The molecular weight excluding hydrogens is 239 g/mol. The predicted octanol–water partition coefficient (Wildman–Crippen LogP) is 2.99. The molecule has 0 heterocycles. The van der Waals surface area contributed by atoms with Gasteiger partial charge in [-0.15, -0.1) is 0 Å². The first kappa shape index (κ1) is 14.4. The summed E-state index contributed by atoms with van der Waals surface area (Å²) in [4.78, 5) is 0. The SMILES string of the molecule is CCOP(=O)(CC(O)c1ccccc1)OCC. The van der Waals surface area contributed by atoms with Gasteiger partial charge in [0.1, 0.15) is 0 Å². The second-order valence-corrected chi connectivity index (χ2v) is 5.66. The van der Waals surface area contributed by atoms with E-state index in [1.54, 1.807) is 26.0 Å². The van der Waals surface area contributed by atoms with Gasteiger partial charge in [0.25, 0.3) is 0 Å². The third kappa shape index (κ3) is 4.60. The summed E-state index contributed by atoms with van der Waals surface area (Å²) in [5, 5.41) is 9.98. The molecule has 96 valence electrons. The van der Waals surface area contributed by atoms with Crippen molar-refractivity contribution in [2.75, 3.05) is 19.4 Å². The molecule has 1 atom stereocenters. The normalized spacial score (nSPS) is 13.6. The van der Waals surface area contributed by atoms with Gasteiger partial charge < -0.3 is 14.2 Å². The predicted molar refractivity (Wildman–Crippen MR) is 67.1 cm³/mol. The lowest BCUT2D eigenvalue weighted by Crippen LogP contribution is -2.08. The number of rotatable bonds is 7. The van der Waals surface area contributed by atoms with Crippen molar-refractivity contribution in [2.45, 2.75) is 20.0 Å². The Morgan fingerprint density at radius 1 is 1.18 bits per heavy atom. The molecule has 0 spiro atoms. The van der Waals surface area contributed by atoms with Crippen LogP contribution >= 0.6 is 7.60 Å². The minimum atomic E-state index is -3.19. The molecule has 0 bridgehead atoms. The fraction of sp³-hybridized carbons (Fsp3) is 0.500. The Morgan fingerprint density at radius 2 is 1.71 bits per heavy atom. The lowest BCUT2D eigenvalue weighted by atomic mass is 10.1. The quantitative estimate of drug-likeness (QED) is 0.764. The summed E-state index contributed by atoms with van der Waals surface area (Å²) in [5.41, 5.74) is 0.715. The van der Waals surface area contributed by atoms with Crippen LogP contribution in [0.2, 0.25) is 0 Å². The molecule has 1 rings (SSSR count). The summed E-state index contributed by atoms with van der Waals surface area (Å²) in [7, 11) is -3.19. The highest BCUT2D eigenvalue weighted by molar-refractivity contribution is 7.53. The van der Waals surface area contributed by atoms with Crippen LogP contribution in [0.15, 0.2) is 30.3 Å². The van der Waals surface area contributed by atoms with Crippen molar-refractivity contribution in [3.05, 3.63) is 35.9 Å². The number of benzene rings is 1. The Kier molecular flexibility index (Phi) is 5.86. The van der Waals surface area contributed by atoms with E-state index < -0.39 is 13.7 Å². The zero-order valence-corrected chi connectivity index (χ0v) is 11.1. The van der Waals surface area contributed by atoms with Crippen LogP contribution in [0.5, 0.6) is 0 Å². The molecule has 0 aliphatic rings. The van der Waals surface area contributed by atoms with E-state index in [1.807, 2.05) is 18.2 Å². The van der Waals surface area contributed by atoms with Crippen LogP contribution in [0.1, 0.15) is 25.5 Å². The van der Waals surface area contributed by atoms with Gasteiger partial charge in [0.2, 0.25) is 0 Å². The Bertz CT molecular complexity index is 356. The first-order valence-electron chi connectivity index (χ1n) is 5.72. The highest BCUT2D eigenvalue weighted by Crippen LogP contribution is 2.50. The summed E-state index contributed by atoms with van der Waals surface area (Å²) < 4.78 is 22.5. The smallest absolute Gasteiger partial charge is 0.333 e. The molecule has 0 saturated carbocycles. The maximum absolute atomic E-state index is 12.2. The Balaban J connectivity index is 2.71. The van der Waals surface area contributed by atoms with Crippen LogP contribution in [-0.4, -0.2) is 24.5 Å². The molecule has 1 aromatic carbocycles. The van der Waals surface area contributed by atoms with Crippen molar-refractivity contribution in [3.8, 4) is 0 Å². The van der Waals surface area contributed by atoms with Crippen LogP contribution in [0, 0.1) is 0 Å². The summed E-state index contributed by atoms with van der Waals surface area (Å²) >= 11 is 0. The van der Waals surface area contributed by atoms with Gasteiger partial charge in [-0.2, -0.15) is 0 Å². The lowest BCUT2D eigenvalue weighted by Gasteiger charge is -2.20. The van der Waals surface area contributed by atoms with Gasteiger partial charge in [-0.3, -0.25) is 4.57 Å². The average molecular weight is 258 g/mol. The molecule has 0 aromatic heterocycles. The monoisotopic (exact) mass is 258 g/mol. The summed E-state index contributed by atoms with van der Waals surface area (Å²) in [6, 6.07) is 9.08. The molecule has 0 amide bonds. The average Bonchev–Trinajstić information content (AvgIpc) is 2.30. The summed E-state index contributed by atoms with van der Waals surface area (Å²) in [6.45, 7) is 4.11.